The van der Waals surface area contributed by atoms with E-state index in [0.717, 1.165) is 5.52 Å². The van der Waals surface area contributed by atoms with Gasteiger partial charge in [-0.25, -0.2) is 4.39 Å². The molecule has 0 spiro atoms. The molecule has 9 heteroatoms. The lowest BCUT2D eigenvalue weighted by atomic mass is 9.96. The monoisotopic (exact) mass is 435 g/mol. The summed E-state index contributed by atoms with van der Waals surface area (Å²) in [6.07, 6.45) is 3.24. The van der Waals surface area contributed by atoms with Gasteiger partial charge in [-0.05, 0) is 55.5 Å². The number of fused-ring (bicyclic) bond motifs is 1. The minimum absolute atomic E-state index is 0.189. The number of hydrogen-bond acceptors (Lipinski definition) is 4. The summed E-state index contributed by atoms with van der Waals surface area (Å²) in [6.45, 7) is 0.740. The van der Waals surface area contributed by atoms with Gasteiger partial charge in [0.25, 0.3) is 5.91 Å². The van der Waals surface area contributed by atoms with Crippen LogP contribution in [0.15, 0.2) is 24.3 Å². The van der Waals surface area contributed by atoms with Crippen LogP contribution in [0.1, 0.15) is 29.8 Å². The molecule has 2 heterocycles. The van der Waals surface area contributed by atoms with Crippen LogP contribution < -0.4 is 5.32 Å². The fourth-order valence-corrected chi connectivity index (χ4v) is 4.30. The second-order valence-electron chi connectivity index (χ2n) is 7.54. The topological polar surface area (TPSA) is 91.6 Å². The van der Waals surface area contributed by atoms with Gasteiger partial charge in [0, 0.05) is 31.0 Å². The number of carboxylic acid groups (broad SMARTS) is 1. The molecule has 1 aromatic heterocycles. The first-order chi connectivity index (χ1) is 14.3. The largest absolute Gasteiger partial charge is 0.481 e. The highest BCUT2D eigenvalue weighted by Crippen LogP contribution is 2.21. The number of carbonyl (C=O) groups excluding carboxylic acids is 2. The number of hydrogen-bond donors (Lipinski definition) is 2. The Morgan fingerprint density at radius 1 is 1.27 bits per heavy atom. The van der Waals surface area contributed by atoms with Crippen molar-refractivity contribution in [3.05, 3.63) is 35.8 Å². The summed E-state index contributed by atoms with van der Waals surface area (Å²) in [5.41, 5.74) is 1.08. The summed E-state index contributed by atoms with van der Waals surface area (Å²) in [5, 5.41) is 12.6. The zero-order chi connectivity index (χ0) is 21.8. The third-order valence-electron chi connectivity index (χ3n) is 5.61. The number of rotatable bonds is 7. The number of nitrogens with one attached hydrogen (secondary N) is 1. The number of nitrogens with zero attached hydrogens (tertiary/aromatic N) is 2. The number of benzene rings is 1. The first kappa shape index (κ1) is 22.1. The molecule has 3 rings (SSSR count). The maximum atomic E-state index is 13.5. The van der Waals surface area contributed by atoms with E-state index < -0.39 is 23.8 Å². The lowest BCUT2D eigenvalue weighted by Crippen LogP contribution is -2.51. The summed E-state index contributed by atoms with van der Waals surface area (Å²) in [6, 6.07) is 5.25. The Balaban J connectivity index is 1.74. The first-order valence-electron chi connectivity index (χ1n) is 9.88. The van der Waals surface area contributed by atoms with Gasteiger partial charge in [0.1, 0.15) is 17.6 Å². The van der Waals surface area contributed by atoms with Gasteiger partial charge in [-0.2, -0.15) is 11.8 Å². The van der Waals surface area contributed by atoms with Crippen LogP contribution >= 0.6 is 11.8 Å². The van der Waals surface area contributed by atoms with Crippen molar-refractivity contribution in [1.82, 2.24) is 14.8 Å². The standard InChI is InChI=1S/C21H26FN3O4S/c1-24-17-4-3-15(22)11-14(17)12-18(24)19(26)23-16(7-10-30-2)20(27)25-8-5-13(6-9-25)21(28)29/h3-4,11-13,16H,5-10H2,1-2H3,(H,23,26)(H,28,29). The van der Waals surface area contributed by atoms with Crippen LogP contribution in [0.5, 0.6) is 0 Å². The van der Waals surface area contributed by atoms with Crippen LogP contribution in [0.25, 0.3) is 10.9 Å². The third kappa shape index (κ3) is 4.77. The van der Waals surface area contributed by atoms with E-state index in [1.165, 1.54) is 12.1 Å². The third-order valence-corrected chi connectivity index (χ3v) is 6.25. The molecule has 0 bridgehead atoms. The number of carboxylic acids is 1. The van der Waals surface area contributed by atoms with Crippen LogP contribution in [0.3, 0.4) is 0 Å². The highest BCUT2D eigenvalue weighted by molar-refractivity contribution is 7.98. The lowest BCUT2D eigenvalue weighted by molar-refractivity contribution is -0.146. The van der Waals surface area contributed by atoms with E-state index >= 15 is 0 Å². The Hall–Kier alpha value is -2.55. The van der Waals surface area contributed by atoms with Crippen molar-refractivity contribution in [3.8, 4) is 0 Å². The number of carbonyl (C=O) groups is 3. The molecule has 1 atom stereocenters. The van der Waals surface area contributed by atoms with Crippen molar-refractivity contribution in [3.63, 3.8) is 0 Å². The van der Waals surface area contributed by atoms with Crippen molar-refractivity contribution >= 4 is 40.4 Å². The summed E-state index contributed by atoms with van der Waals surface area (Å²) >= 11 is 1.58. The molecule has 1 aliphatic rings. The van der Waals surface area contributed by atoms with Crippen LogP contribution in [-0.2, 0) is 16.6 Å². The molecule has 162 valence electrons. The fourth-order valence-electron chi connectivity index (χ4n) is 3.83. The molecule has 2 N–H and O–H groups in total. The van der Waals surface area contributed by atoms with Gasteiger partial charge in [0.15, 0.2) is 0 Å². The zero-order valence-electron chi connectivity index (χ0n) is 17.1. The number of aryl methyl sites for hydroxylation is 1. The van der Waals surface area contributed by atoms with Crippen molar-refractivity contribution in [2.24, 2.45) is 13.0 Å². The summed E-state index contributed by atoms with van der Waals surface area (Å²) in [4.78, 5) is 38.8. The van der Waals surface area contributed by atoms with Crippen LogP contribution in [0.2, 0.25) is 0 Å². The van der Waals surface area contributed by atoms with Gasteiger partial charge in [-0.3, -0.25) is 14.4 Å². The summed E-state index contributed by atoms with van der Waals surface area (Å²) in [5.74, 6) is -1.52. The van der Waals surface area contributed by atoms with E-state index in [4.69, 9.17) is 5.11 Å². The van der Waals surface area contributed by atoms with E-state index in [9.17, 15) is 18.8 Å². The highest BCUT2D eigenvalue weighted by atomic mass is 32.2. The molecule has 30 heavy (non-hydrogen) atoms. The number of halogens is 1. The zero-order valence-corrected chi connectivity index (χ0v) is 17.9. The van der Waals surface area contributed by atoms with Crippen molar-refractivity contribution in [2.75, 3.05) is 25.1 Å². The van der Waals surface area contributed by atoms with Gasteiger partial charge < -0.3 is 19.9 Å². The van der Waals surface area contributed by atoms with E-state index in [2.05, 4.69) is 5.32 Å². The molecule has 1 saturated heterocycles. The number of thioether (sulfide) groups is 1. The first-order valence-corrected chi connectivity index (χ1v) is 11.3. The predicted molar refractivity (Wildman–Crippen MR) is 114 cm³/mol. The Kier molecular flexibility index (Phi) is 7.02. The van der Waals surface area contributed by atoms with Crippen molar-refractivity contribution in [1.29, 1.82) is 0 Å². The molecule has 7 nitrogen and oxygen atoms in total. The van der Waals surface area contributed by atoms with E-state index in [0.29, 0.717) is 49.2 Å². The molecule has 1 unspecified atom stereocenters. The van der Waals surface area contributed by atoms with Gasteiger partial charge in [0.2, 0.25) is 5.91 Å². The molecular weight excluding hydrogens is 409 g/mol. The molecule has 1 aromatic carbocycles. The Morgan fingerprint density at radius 3 is 2.60 bits per heavy atom. The number of aromatic nitrogens is 1. The Bertz CT molecular complexity index is 953. The van der Waals surface area contributed by atoms with Crippen molar-refractivity contribution in [2.45, 2.75) is 25.3 Å². The van der Waals surface area contributed by atoms with Crippen LogP contribution in [-0.4, -0.2) is 63.5 Å². The second-order valence-corrected chi connectivity index (χ2v) is 8.52. The number of likely N-dealkylation sites (tertiary alicyclic amines) is 1. The summed E-state index contributed by atoms with van der Waals surface area (Å²) < 4.78 is 15.2. The maximum absolute atomic E-state index is 13.5. The molecule has 1 aliphatic heterocycles. The van der Waals surface area contributed by atoms with E-state index in [-0.39, 0.29) is 11.7 Å². The smallest absolute Gasteiger partial charge is 0.306 e. The molecule has 1 fully saturated rings. The Morgan fingerprint density at radius 2 is 1.97 bits per heavy atom. The van der Waals surface area contributed by atoms with Gasteiger partial charge in [0.05, 0.1) is 5.92 Å². The quantitative estimate of drug-likeness (QED) is 0.697. The maximum Gasteiger partial charge on any atom is 0.306 e. The van der Waals surface area contributed by atoms with Gasteiger partial charge in [-0.1, -0.05) is 0 Å². The van der Waals surface area contributed by atoms with Crippen LogP contribution in [0.4, 0.5) is 4.39 Å². The average Bonchev–Trinajstić information content (AvgIpc) is 3.06. The average molecular weight is 436 g/mol. The molecule has 0 radical (unpaired) electrons. The highest BCUT2D eigenvalue weighted by Gasteiger charge is 2.31. The van der Waals surface area contributed by atoms with Gasteiger partial charge in [-0.15, -0.1) is 0 Å². The number of amides is 2. The summed E-state index contributed by atoms with van der Waals surface area (Å²) in [7, 11) is 1.73. The van der Waals surface area contributed by atoms with Crippen molar-refractivity contribution < 1.29 is 23.9 Å². The lowest BCUT2D eigenvalue weighted by Gasteiger charge is -2.33. The SMILES string of the molecule is CSCCC(NC(=O)c1cc2cc(F)ccc2n1C)C(=O)N1CCC(C(=O)O)CC1. The van der Waals surface area contributed by atoms with E-state index in [1.807, 2.05) is 6.26 Å². The normalized spacial score (nSPS) is 15.9. The van der Waals surface area contributed by atoms with Gasteiger partial charge >= 0.3 is 5.97 Å². The fraction of sp³-hybridized carbons (Fsp3) is 0.476. The Labute approximate surface area is 178 Å². The predicted octanol–water partition coefficient (Wildman–Crippen LogP) is 2.49. The minimum atomic E-state index is -0.832. The number of piperidine rings is 1. The minimum Gasteiger partial charge on any atom is -0.481 e. The van der Waals surface area contributed by atoms with E-state index in [1.54, 1.807) is 40.4 Å². The van der Waals surface area contributed by atoms with Crippen LogP contribution in [0, 0.1) is 11.7 Å². The molecule has 2 aromatic rings. The molecule has 2 amide bonds. The molecular formula is C21H26FN3O4S. The molecule has 0 saturated carbocycles. The second kappa shape index (κ2) is 9.51. The number of aliphatic carboxylic acids is 1. The molecule has 0 aliphatic carbocycles.